The number of unbranched alkanes of at least 4 members (excludes halogenated alkanes) is 1. The van der Waals surface area contributed by atoms with E-state index in [1.165, 1.54) is 0 Å². The van der Waals surface area contributed by atoms with Crippen LogP contribution in [0.4, 0.5) is 0 Å². The topological polar surface area (TPSA) is 52.6 Å². The molecular weight excluding hydrogens is 234 g/mol. The van der Waals surface area contributed by atoms with Crippen LogP contribution in [-0.4, -0.2) is 28.2 Å². The van der Waals surface area contributed by atoms with Gasteiger partial charge in [-0.15, -0.1) is 0 Å². The van der Waals surface area contributed by atoms with Gasteiger partial charge in [-0.05, 0) is 0 Å². The first-order valence-electron chi connectivity index (χ1n) is 3.86. The molecule has 6 heteroatoms. The van der Waals surface area contributed by atoms with E-state index in [2.05, 4.69) is 11.1 Å². The molecule has 0 radical (unpaired) electrons. The molecule has 0 aromatic heterocycles. The Bertz CT molecular complexity index is 190. The summed E-state index contributed by atoms with van der Waals surface area (Å²) in [4.78, 5) is 0. The fourth-order valence-electron chi connectivity index (χ4n) is 0.568. The van der Waals surface area contributed by atoms with Gasteiger partial charge in [-0.3, -0.25) is 0 Å². The van der Waals surface area contributed by atoms with E-state index in [1.807, 2.05) is 0 Å². The number of hydrogen-bond acceptors (Lipinski definition) is 4. The third kappa shape index (κ3) is 10.5. The molecule has 0 heterocycles. The Morgan fingerprint density at radius 1 is 1.25 bits per heavy atom. The number of rotatable bonds is 7. The summed E-state index contributed by atoms with van der Waals surface area (Å²) < 4.78 is 30.6. The van der Waals surface area contributed by atoms with Crippen LogP contribution in [0.25, 0.3) is 0 Å². The molecule has 0 aliphatic carbocycles. The predicted molar refractivity (Wildman–Crippen MR) is 40.6 cm³/mol. The van der Waals surface area contributed by atoms with Crippen LogP contribution in [0.1, 0.15) is 19.8 Å². The van der Waals surface area contributed by atoms with Crippen molar-refractivity contribution in [1.82, 2.24) is 0 Å². The van der Waals surface area contributed by atoms with Crippen molar-refractivity contribution in [3.8, 4) is 0 Å². The van der Waals surface area contributed by atoms with Gasteiger partial charge in [-0.2, -0.15) is 0 Å². The van der Waals surface area contributed by atoms with Crippen molar-refractivity contribution in [3.63, 3.8) is 0 Å². The van der Waals surface area contributed by atoms with E-state index in [9.17, 15) is 8.42 Å². The molecule has 0 N–H and O–H groups in total. The molecule has 0 bridgehead atoms. The summed E-state index contributed by atoms with van der Waals surface area (Å²) in [5, 5.41) is 0. The molecule has 4 nitrogen and oxygen atoms in total. The zero-order valence-electron chi connectivity index (χ0n) is 7.28. The number of ether oxygens (including phenoxy) is 1. The summed E-state index contributed by atoms with van der Waals surface area (Å²) >= 11 is 0.141. The van der Waals surface area contributed by atoms with Gasteiger partial charge in [0, 0.05) is 0 Å². The summed E-state index contributed by atoms with van der Waals surface area (Å²) in [7, 11) is -3.17. The first-order valence-corrected chi connectivity index (χ1v) is 9.07. The van der Waals surface area contributed by atoms with Crippen molar-refractivity contribution < 1.29 is 34.4 Å². The van der Waals surface area contributed by atoms with Gasteiger partial charge >= 0.3 is 82.1 Å². The van der Waals surface area contributed by atoms with Gasteiger partial charge in [-0.25, -0.2) is 0 Å². The Morgan fingerprint density at radius 3 is 2.42 bits per heavy atom. The zero-order valence-corrected chi connectivity index (χ0v) is 11.1. The van der Waals surface area contributed by atoms with Gasteiger partial charge in [0.25, 0.3) is 0 Å². The van der Waals surface area contributed by atoms with Gasteiger partial charge in [-0.1, -0.05) is 0 Å². The van der Waals surface area contributed by atoms with E-state index in [4.69, 9.17) is 4.74 Å². The van der Waals surface area contributed by atoms with Crippen LogP contribution in [-0.2, 0) is 34.1 Å². The van der Waals surface area contributed by atoms with E-state index < -0.39 is 8.11 Å². The van der Waals surface area contributed by atoms with Crippen molar-refractivity contribution in [2.45, 2.75) is 19.8 Å². The molecule has 69 valence electrons. The van der Waals surface area contributed by atoms with E-state index in [-0.39, 0.29) is 23.7 Å². The first kappa shape index (κ1) is 12.5. The van der Waals surface area contributed by atoms with Crippen molar-refractivity contribution >= 4 is 8.11 Å². The van der Waals surface area contributed by atoms with Crippen molar-refractivity contribution in [2.24, 2.45) is 0 Å². The summed E-state index contributed by atoms with van der Waals surface area (Å²) in [6.07, 6.45) is 2.09. The summed E-state index contributed by atoms with van der Waals surface area (Å²) in [5.41, 5.74) is 0. The molecule has 0 aromatic carbocycles. The molecule has 0 aliphatic heterocycles. The SMILES string of the molecule is CCCCOCCO[S](=O)(=O)[Zn]. The third-order valence-corrected chi connectivity index (χ3v) is 2.71. The Morgan fingerprint density at radius 2 is 1.92 bits per heavy atom. The van der Waals surface area contributed by atoms with Gasteiger partial charge in [0.15, 0.2) is 0 Å². The Balaban J connectivity index is 3.12. The van der Waals surface area contributed by atoms with Crippen LogP contribution in [0.2, 0.25) is 0 Å². The molecule has 0 saturated carbocycles. The zero-order chi connectivity index (χ0) is 9.45. The second-order valence-electron chi connectivity index (χ2n) is 2.35. The molecule has 0 atom stereocenters. The number of hydrogen-bond donors (Lipinski definition) is 0. The Labute approximate surface area is 82.3 Å². The minimum absolute atomic E-state index is 0.141. The molecular formula is C6H13O4SZn. The second-order valence-corrected chi connectivity index (χ2v) is 8.15. The predicted octanol–water partition coefficient (Wildman–Crippen LogP) is 0.611. The standard InChI is InChI=1S/C6H13O4S.Zn/c1-2-3-4-9-5-6-10-11(7)8;/h2-6H2,1H3;. The fourth-order valence-corrected chi connectivity index (χ4v) is 1.63. The molecule has 0 saturated heterocycles. The van der Waals surface area contributed by atoms with E-state index >= 15 is 0 Å². The van der Waals surface area contributed by atoms with E-state index in [1.54, 1.807) is 0 Å². The van der Waals surface area contributed by atoms with Crippen LogP contribution in [0.3, 0.4) is 0 Å². The molecule has 0 spiro atoms. The third-order valence-electron chi connectivity index (χ3n) is 1.13. The second kappa shape index (κ2) is 6.95. The molecule has 0 unspecified atom stereocenters. The van der Waals surface area contributed by atoms with Crippen molar-refractivity contribution in [3.05, 3.63) is 0 Å². The van der Waals surface area contributed by atoms with Crippen LogP contribution in [0, 0.1) is 0 Å². The average molecular weight is 247 g/mol. The summed E-state index contributed by atoms with van der Waals surface area (Å²) in [6, 6.07) is 0. The fraction of sp³-hybridized carbons (Fsp3) is 1.00. The quantitative estimate of drug-likeness (QED) is 0.488. The van der Waals surface area contributed by atoms with Crippen LogP contribution < -0.4 is 0 Å². The average Bonchev–Trinajstić information content (AvgIpc) is 1.94. The summed E-state index contributed by atoms with van der Waals surface area (Å²) in [6.45, 7) is 3.26. The Kier molecular flexibility index (Phi) is 7.24. The molecule has 12 heavy (non-hydrogen) atoms. The van der Waals surface area contributed by atoms with Gasteiger partial charge < -0.3 is 0 Å². The molecule has 0 aliphatic rings. The maximum atomic E-state index is 10.5. The summed E-state index contributed by atoms with van der Waals surface area (Å²) in [5.74, 6) is 0. The maximum absolute atomic E-state index is 10.5. The molecule has 0 aromatic rings. The van der Waals surface area contributed by atoms with Crippen LogP contribution in [0.5, 0.6) is 0 Å². The molecule has 0 rings (SSSR count). The van der Waals surface area contributed by atoms with E-state index in [0.29, 0.717) is 13.2 Å². The van der Waals surface area contributed by atoms with Gasteiger partial charge in [0.05, 0.1) is 0 Å². The van der Waals surface area contributed by atoms with Crippen molar-refractivity contribution in [2.75, 3.05) is 19.8 Å². The van der Waals surface area contributed by atoms with E-state index in [0.717, 1.165) is 12.8 Å². The van der Waals surface area contributed by atoms with Crippen LogP contribution in [0.15, 0.2) is 0 Å². The molecule has 0 amide bonds. The Hall–Kier alpha value is 0.493. The first-order chi connectivity index (χ1) is 5.56. The molecule has 0 fully saturated rings. The normalized spacial score (nSPS) is 11.9. The van der Waals surface area contributed by atoms with Gasteiger partial charge in [0.2, 0.25) is 0 Å². The van der Waals surface area contributed by atoms with Crippen LogP contribution >= 0.6 is 0 Å². The minimum atomic E-state index is -3.17. The monoisotopic (exact) mass is 245 g/mol. The van der Waals surface area contributed by atoms with Gasteiger partial charge in [0.1, 0.15) is 0 Å². The van der Waals surface area contributed by atoms with Crippen molar-refractivity contribution in [1.29, 1.82) is 0 Å².